The summed E-state index contributed by atoms with van der Waals surface area (Å²) in [4.78, 5) is 14.2. The molecule has 3 aromatic rings. The molecule has 0 saturated heterocycles. The van der Waals surface area contributed by atoms with Crippen molar-refractivity contribution in [3.05, 3.63) is 70.8 Å². The summed E-state index contributed by atoms with van der Waals surface area (Å²) in [5, 5.41) is 13.1. The molecule has 5 heteroatoms. The zero-order valence-corrected chi connectivity index (χ0v) is 25.3. The van der Waals surface area contributed by atoms with Gasteiger partial charge in [-0.3, -0.25) is 4.79 Å². The number of benzene rings is 3. The third kappa shape index (κ3) is 6.93. The van der Waals surface area contributed by atoms with Gasteiger partial charge < -0.3 is 5.11 Å². The van der Waals surface area contributed by atoms with Crippen LogP contribution >= 0.6 is 11.8 Å². The highest BCUT2D eigenvalue weighted by Crippen LogP contribution is 2.41. The highest BCUT2D eigenvalue weighted by atomic mass is 32.2. The fourth-order valence-corrected chi connectivity index (χ4v) is 7.54. The highest BCUT2D eigenvalue weighted by Gasteiger charge is 2.28. The maximum absolute atomic E-state index is 14.7. The number of aliphatic hydroxyl groups is 1. The SMILES string of the molecule is CC(C)c1cc(C(C)C)c([S@@](=O)c2c([C@@H](O)CC(=O)SC(C)(C)C)ccc3ccccc23)c(C(C)C)c1. The van der Waals surface area contributed by atoms with E-state index in [1.54, 1.807) is 0 Å². The predicted octanol–water partition coefficient (Wildman–Crippen LogP) is 8.86. The first-order valence-electron chi connectivity index (χ1n) is 13.2. The van der Waals surface area contributed by atoms with Gasteiger partial charge in [-0.2, -0.15) is 0 Å². The first-order chi connectivity index (χ1) is 17.2. The largest absolute Gasteiger partial charge is 0.388 e. The molecular weight excluding hydrogens is 496 g/mol. The molecule has 2 atom stereocenters. The molecule has 0 heterocycles. The standard InChI is InChI=1S/C32H42O3S2/c1-19(2)23-16-26(20(3)4)31(27(17-23)21(5)6)37(35)30-24-13-11-10-12-22(24)14-15-25(30)28(33)18-29(34)36-32(7,8)9/h10-17,19-21,28,33H,18H2,1-9H3/t28-,37-/m0/s1. The van der Waals surface area contributed by atoms with Crippen LogP contribution in [-0.2, 0) is 15.6 Å². The molecule has 3 rings (SSSR count). The quantitative estimate of drug-likeness (QED) is 0.311. The topological polar surface area (TPSA) is 54.4 Å². The number of hydrogen-bond donors (Lipinski definition) is 1. The minimum Gasteiger partial charge on any atom is -0.388 e. The van der Waals surface area contributed by atoms with E-state index in [1.165, 1.54) is 17.3 Å². The lowest BCUT2D eigenvalue weighted by Gasteiger charge is -2.25. The van der Waals surface area contributed by atoms with Crippen LogP contribution in [0.25, 0.3) is 10.8 Å². The van der Waals surface area contributed by atoms with Crippen LogP contribution in [-0.4, -0.2) is 19.2 Å². The molecule has 0 bridgehead atoms. The molecule has 0 amide bonds. The van der Waals surface area contributed by atoms with Gasteiger partial charge in [0.2, 0.25) is 0 Å². The van der Waals surface area contributed by atoms with Crippen molar-refractivity contribution in [2.24, 2.45) is 0 Å². The Morgan fingerprint density at radius 2 is 1.41 bits per heavy atom. The molecule has 0 spiro atoms. The average molecular weight is 539 g/mol. The van der Waals surface area contributed by atoms with Crippen LogP contribution in [0, 0.1) is 0 Å². The van der Waals surface area contributed by atoms with Crippen LogP contribution in [0.3, 0.4) is 0 Å². The molecule has 3 nitrogen and oxygen atoms in total. The van der Waals surface area contributed by atoms with Gasteiger partial charge >= 0.3 is 0 Å². The average Bonchev–Trinajstić information content (AvgIpc) is 2.80. The summed E-state index contributed by atoms with van der Waals surface area (Å²) in [6.45, 7) is 18.9. The summed E-state index contributed by atoms with van der Waals surface area (Å²) in [5.41, 5.74) is 3.98. The Kier molecular flexibility index (Phi) is 9.47. The summed E-state index contributed by atoms with van der Waals surface area (Å²) < 4.78 is 14.5. The number of hydrogen-bond acceptors (Lipinski definition) is 4. The normalized spacial score (nSPS) is 14.1. The van der Waals surface area contributed by atoms with Gasteiger partial charge in [0.15, 0.2) is 5.12 Å². The van der Waals surface area contributed by atoms with Gasteiger partial charge in [-0.1, -0.05) is 123 Å². The molecule has 0 radical (unpaired) electrons. The summed E-state index contributed by atoms with van der Waals surface area (Å²) in [6, 6.07) is 16.1. The molecule has 37 heavy (non-hydrogen) atoms. The van der Waals surface area contributed by atoms with Crippen LogP contribution < -0.4 is 0 Å². The maximum atomic E-state index is 14.7. The maximum Gasteiger partial charge on any atom is 0.192 e. The molecule has 0 aliphatic heterocycles. The summed E-state index contributed by atoms with van der Waals surface area (Å²) in [7, 11) is -1.55. The van der Waals surface area contributed by atoms with Crippen molar-refractivity contribution in [2.45, 2.75) is 107 Å². The molecule has 1 N–H and O–H groups in total. The smallest absolute Gasteiger partial charge is 0.192 e. The summed E-state index contributed by atoms with van der Waals surface area (Å²) >= 11 is 1.24. The first-order valence-corrected chi connectivity index (χ1v) is 15.2. The zero-order chi connectivity index (χ0) is 27.7. The lowest BCUT2D eigenvalue weighted by molar-refractivity contribution is -0.112. The van der Waals surface area contributed by atoms with E-state index in [-0.39, 0.29) is 28.1 Å². The Hall–Kier alpha value is -1.95. The van der Waals surface area contributed by atoms with Crippen LogP contribution in [0.15, 0.2) is 58.3 Å². The van der Waals surface area contributed by atoms with E-state index in [0.717, 1.165) is 26.8 Å². The lowest BCUT2D eigenvalue weighted by Crippen LogP contribution is -2.15. The Bertz CT molecular complexity index is 1270. The zero-order valence-electron chi connectivity index (χ0n) is 23.7. The van der Waals surface area contributed by atoms with E-state index < -0.39 is 16.9 Å². The number of aliphatic hydroxyl groups excluding tert-OH is 1. The molecule has 0 saturated carbocycles. The Balaban J connectivity index is 2.27. The number of thioether (sulfide) groups is 1. The van der Waals surface area contributed by atoms with Crippen molar-refractivity contribution in [1.29, 1.82) is 0 Å². The van der Waals surface area contributed by atoms with Gasteiger partial charge in [0.25, 0.3) is 0 Å². The minimum atomic E-state index is -1.55. The fourth-order valence-electron chi connectivity index (χ4n) is 4.59. The van der Waals surface area contributed by atoms with Crippen molar-refractivity contribution in [3.8, 4) is 0 Å². The first kappa shape index (κ1) is 29.6. The van der Waals surface area contributed by atoms with Gasteiger partial charge in [0.05, 0.1) is 26.7 Å². The highest BCUT2D eigenvalue weighted by molar-refractivity contribution is 8.14. The second-order valence-corrected chi connectivity index (χ2v) is 15.0. The van der Waals surface area contributed by atoms with Gasteiger partial charge in [0, 0.05) is 11.2 Å². The van der Waals surface area contributed by atoms with Crippen LogP contribution in [0.5, 0.6) is 0 Å². The van der Waals surface area contributed by atoms with E-state index >= 15 is 0 Å². The molecule has 0 unspecified atom stereocenters. The molecule has 0 aliphatic rings. The van der Waals surface area contributed by atoms with E-state index in [1.807, 2.05) is 57.2 Å². The molecular formula is C32H42O3S2. The molecule has 0 fully saturated rings. The lowest BCUT2D eigenvalue weighted by atomic mass is 9.89. The summed E-state index contributed by atoms with van der Waals surface area (Å²) in [5.74, 6) is 0.727. The Morgan fingerprint density at radius 1 is 0.838 bits per heavy atom. The van der Waals surface area contributed by atoms with Gasteiger partial charge in [-0.15, -0.1) is 0 Å². The Morgan fingerprint density at radius 3 is 1.92 bits per heavy atom. The van der Waals surface area contributed by atoms with Crippen molar-refractivity contribution in [1.82, 2.24) is 0 Å². The third-order valence-corrected chi connectivity index (χ3v) is 9.17. The van der Waals surface area contributed by atoms with Gasteiger partial charge in [-0.25, -0.2) is 4.21 Å². The van der Waals surface area contributed by atoms with Crippen molar-refractivity contribution in [3.63, 3.8) is 0 Å². The van der Waals surface area contributed by atoms with E-state index in [2.05, 4.69) is 53.7 Å². The van der Waals surface area contributed by atoms with Gasteiger partial charge in [0.1, 0.15) is 0 Å². The number of rotatable bonds is 8. The van der Waals surface area contributed by atoms with E-state index in [4.69, 9.17) is 0 Å². The Labute approximate surface area is 229 Å². The van der Waals surface area contributed by atoms with Crippen LogP contribution in [0.4, 0.5) is 0 Å². The monoisotopic (exact) mass is 538 g/mol. The van der Waals surface area contributed by atoms with E-state index in [0.29, 0.717) is 16.4 Å². The van der Waals surface area contributed by atoms with E-state index in [9.17, 15) is 14.1 Å². The van der Waals surface area contributed by atoms with Crippen molar-refractivity contribution in [2.75, 3.05) is 0 Å². The fraction of sp³-hybridized carbons (Fsp3) is 0.469. The molecule has 3 aromatic carbocycles. The minimum absolute atomic E-state index is 0.0230. The molecule has 0 aromatic heterocycles. The number of carbonyl (C=O) groups is 1. The van der Waals surface area contributed by atoms with Crippen LogP contribution in [0.1, 0.15) is 115 Å². The second kappa shape index (κ2) is 11.8. The molecule has 0 aliphatic carbocycles. The van der Waals surface area contributed by atoms with Crippen LogP contribution in [0.2, 0.25) is 0 Å². The van der Waals surface area contributed by atoms with Crippen molar-refractivity contribution < 1.29 is 14.1 Å². The number of carbonyl (C=O) groups excluding carboxylic acids is 1. The third-order valence-electron chi connectivity index (χ3n) is 6.50. The number of fused-ring (bicyclic) bond motifs is 1. The van der Waals surface area contributed by atoms with Gasteiger partial charge in [-0.05, 0) is 50.8 Å². The van der Waals surface area contributed by atoms with Crippen molar-refractivity contribution >= 4 is 38.4 Å². The predicted molar refractivity (Wildman–Crippen MR) is 159 cm³/mol. The molecule has 200 valence electrons. The summed E-state index contributed by atoms with van der Waals surface area (Å²) in [6.07, 6.45) is -1.06. The second-order valence-electron chi connectivity index (χ2n) is 11.8.